The molecule has 1 spiro atoms. The Bertz CT molecular complexity index is 4110. The van der Waals surface area contributed by atoms with Crippen LogP contribution in [0.25, 0.3) is 83.1 Å². The summed E-state index contributed by atoms with van der Waals surface area (Å²) in [4.78, 5) is 2.54. The summed E-state index contributed by atoms with van der Waals surface area (Å²) in [5.74, 6) is 0. The Balaban J connectivity index is 0.937. The summed E-state index contributed by atoms with van der Waals surface area (Å²) in [5, 5.41) is 2.50. The quantitative estimate of drug-likeness (QED) is 0.161. The smallest absolute Gasteiger partial charge is 0.0726 e. The van der Waals surface area contributed by atoms with Gasteiger partial charge < -0.3 is 9.47 Å². The molecule has 338 valence electrons. The lowest BCUT2D eigenvalue weighted by Gasteiger charge is -2.33. The molecule has 0 N–H and O–H groups in total. The fourth-order valence-electron chi connectivity index (χ4n) is 13.2. The minimum atomic E-state index is -0.464. The predicted octanol–water partition coefficient (Wildman–Crippen LogP) is 18.2. The predicted molar refractivity (Wildman–Crippen MR) is 300 cm³/mol. The summed E-state index contributed by atoms with van der Waals surface area (Å²) < 4.78 is 2.39. The summed E-state index contributed by atoms with van der Waals surface area (Å²) >= 11 is 0. The Labute approximate surface area is 420 Å². The first kappa shape index (κ1) is 40.9. The van der Waals surface area contributed by atoms with Crippen molar-refractivity contribution in [3.05, 3.63) is 288 Å². The minimum Gasteiger partial charge on any atom is -0.310 e. The zero-order chi connectivity index (χ0) is 47.7. The van der Waals surface area contributed by atoms with E-state index in [1.165, 1.54) is 122 Å². The Hall–Kier alpha value is -8.98. The van der Waals surface area contributed by atoms with Gasteiger partial charge >= 0.3 is 0 Å². The van der Waals surface area contributed by atoms with Crippen LogP contribution >= 0.6 is 0 Å². The number of anilines is 3. The zero-order valence-corrected chi connectivity index (χ0v) is 40.1. The van der Waals surface area contributed by atoms with E-state index >= 15 is 0 Å². The molecular formula is C70H48N2. The standard InChI is InChI=1S/C70H48N2/c1-69(2)62-29-17-31-67(68(62)57-39-34-48(43-63(57)69)45-18-5-3-6-19-45)71(50-36-32-46(33-37-50)47-35-41-66-58(42-47)56-25-12-16-30-65(56)72(66)49-20-7-4-8-21-49)51-38-40-55-54-24-11-15-28-61(54)70(64(55)44-51)59-26-13-9-22-52(59)53-23-10-14-27-60(53)70/h3-44H,1-2H3. The summed E-state index contributed by atoms with van der Waals surface area (Å²) in [6.45, 7) is 4.80. The summed E-state index contributed by atoms with van der Waals surface area (Å²) in [6.07, 6.45) is 0. The van der Waals surface area contributed by atoms with E-state index in [1.807, 2.05) is 0 Å². The number of rotatable bonds is 6. The molecule has 11 aromatic carbocycles. The van der Waals surface area contributed by atoms with Gasteiger partial charge in [-0.3, -0.25) is 0 Å². The number of para-hydroxylation sites is 2. The Kier molecular flexibility index (Phi) is 8.66. The Morgan fingerprint density at radius 1 is 0.319 bits per heavy atom. The monoisotopic (exact) mass is 916 g/mol. The number of nitrogens with zero attached hydrogens (tertiary/aromatic N) is 2. The van der Waals surface area contributed by atoms with Crippen LogP contribution in [0.5, 0.6) is 0 Å². The lowest BCUT2D eigenvalue weighted by molar-refractivity contribution is 0.660. The van der Waals surface area contributed by atoms with Crippen LogP contribution in [0, 0.1) is 0 Å². The highest BCUT2D eigenvalue weighted by atomic mass is 15.1. The van der Waals surface area contributed by atoms with E-state index in [0.717, 1.165) is 11.4 Å². The molecule has 0 unspecified atom stereocenters. The number of hydrogen-bond donors (Lipinski definition) is 0. The molecule has 0 saturated carbocycles. The third-order valence-corrected chi connectivity index (χ3v) is 16.4. The molecule has 1 aromatic heterocycles. The zero-order valence-electron chi connectivity index (χ0n) is 40.1. The highest BCUT2D eigenvalue weighted by Crippen LogP contribution is 2.64. The van der Waals surface area contributed by atoms with E-state index in [1.54, 1.807) is 0 Å². The van der Waals surface area contributed by atoms with Gasteiger partial charge in [0.2, 0.25) is 0 Å². The molecule has 2 nitrogen and oxygen atoms in total. The fraction of sp³-hybridized carbons (Fsp3) is 0.0571. The number of hydrogen-bond acceptors (Lipinski definition) is 1. The van der Waals surface area contributed by atoms with Crippen molar-refractivity contribution in [3.8, 4) is 61.3 Å². The molecule has 1 heterocycles. The first-order chi connectivity index (χ1) is 35.5. The topological polar surface area (TPSA) is 8.17 Å². The van der Waals surface area contributed by atoms with Crippen LogP contribution in [0.2, 0.25) is 0 Å². The van der Waals surface area contributed by atoms with Crippen LogP contribution in [0.1, 0.15) is 47.2 Å². The van der Waals surface area contributed by atoms with Crippen LogP contribution in [0.4, 0.5) is 17.1 Å². The average molecular weight is 917 g/mol. The molecule has 2 heteroatoms. The average Bonchev–Trinajstić information content (AvgIpc) is 4.11. The highest BCUT2D eigenvalue weighted by Gasteiger charge is 2.52. The lowest BCUT2D eigenvalue weighted by atomic mass is 9.70. The number of fused-ring (bicyclic) bond motifs is 16. The van der Waals surface area contributed by atoms with E-state index in [9.17, 15) is 0 Å². The molecule has 0 radical (unpaired) electrons. The van der Waals surface area contributed by atoms with Gasteiger partial charge in [0.15, 0.2) is 0 Å². The molecule has 0 saturated heterocycles. The molecule has 0 aliphatic heterocycles. The lowest BCUT2D eigenvalue weighted by Crippen LogP contribution is -2.26. The summed E-state index contributed by atoms with van der Waals surface area (Å²) in [5.41, 5.74) is 27.0. The minimum absolute atomic E-state index is 0.218. The van der Waals surface area contributed by atoms with Crippen molar-refractivity contribution in [1.29, 1.82) is 0 Å². The van der Waals surface area contributed by atoms with Gasteiger partial charge in [0, 0.05) is 38.8 Å². The van der Waals surface area contributed by atoms with Gasteiger partial charge in [-0.25, -0.2) is 0 Å². The molecule has 3 aliphatic rings. The first-order valence-electron chi connectivity index (χ1n) is 25.3. The largest absolute Gasteiger partial charge is 0.310 e. The van der Waals surface area contributed by atoms with Crippen LogP contribution in [0.15, 0.2) is 255 Å². The third kappa shape index (κ3) is 5.61. The first-order valence-corrected chi connectivity index (χ1v) is 25.3. The van der Waals surface area contributed by atoms with Gasteiger partial charge in [-0.15, -0.1) is 0 Å². The molecule has 12 aromatic rings. The van der Waals surface area contributed by atoms with Gasteiger partial charge in [0.25, 0.3) is 0 Å². The molecule has 15 rings (SSSR count). The van der Waals surface area contributed by atoms with E-state index < -0.39 is 5.41 Å². The van der Waals surface area contributed by atoms with Crippen molar-refractivity contribution in [2.75, 3.05) is 4.90 Å². The molecule has 0 fully saturated rings. The summed E-state index contributed by atoms with van der Waals surface area (Å²) in [7, 11) is 0. The van der Waals surface area contributed by atoms with E-state index in [4.69, 9.17) is 0 Å². The normalized spacial score (nSPS) is 13.9. The Morgan fingerprint density at radius 2 is 0.833 bits per heavy atom. The van der Waals surface area contributed by atoms with E-state index in [0.29, 0.717) is 0 Å². The maximum atomic E-state index is 2.54. The van der Waals surface area contributed by atoms with Crippen molar-refractivity contribution in [1.82, 2.24) is 4.57 Å². The molecule has 0 atom stereocenters. The maximum Gasteiger partial charge on any atom is 0.0726 e. The molecular weight excluding hydrogens is 869 g/mol. The van der Waals surface area contributed by atoms with Crippen molar-refractivity contribution < 1.29 is 0 Å². The van der Waals surface area contributed by atoms with Gasteiger partial charge in [0.1, 0.15) is 0 Å². The third-order valence-electron chi connectivity index (χ3n) is 16.4. The van der Waals surface area contributed by atoms with Crippen LogP contribution in [-0.4, -0.2) is 4.57 Å². The highest BCUT2D eigenvalue weighted by molar-refractivity contribution is 6.10. The van der Waals surface area contributed by atoms with Gasteiger partial charge in [-0.05, 0) is 150 Å². The van der Waals surface area contributed by atoms with Gasteiger partial charge in [0.05, 0.1) is 22.1 Å². The maximum absolute atomic E-state index is 2.54. The number of aromatic nitrogens is 1. The number of benzene rings is 11. The van der Waals surface area contributed by atoms with Crippen molar-refractivity contribution in [2.45, 2.75) is 24.7 Å². The SMILES string of the molecule is CC1(C)c2cc(-c3ccccc3)ccc2-c2c(N(c3ccc(-c4ccc5c(c4)c4ccccc4n5-c4ccccc4)cc3)c3ccc4c(c3)C3(c5ccccc5-c5ccccc53)c3ccccc3-4)cccc21. The van der Waals surface area contributed by atoms with Crippen LogP contribution in [0.3, 0.4) is 0 Å². The van der Waals surface area contributed by atoms with Gasteiger partial charge in [-0.1, -0.05) is 202 Å². The van der Waals surface area contributed by atoms with Crippen molar-refractivity contribution in [2.24, 2.45) is 0 Å². The fourth-order valence-corrected chi connectivity index (χ4v) is 13.2. The molecule has 72 heavy (non-hydrogen) atoms. The second-order valence-corrected chi connectivity index (χ2v) is 20.4. The van der Waals surface area contributed by atoms with Crippen LogP contribution in [-0.2, 0) is 10.8 Å². The summed E-state index contributed by atoms with van der Waals surface area (Å²) in [6, 6.07) is 95.3. The van der Waals surface area contributed by atoms with Gasteiger partial charge in [-0.2, -0.15) is 0 Å². The molecule has 0 bridgehead atoms. The molecule has 3 aliphatic carbocycles. The van der Waals surface area contributed by atoms with Crippen molar-refractivity contribution in [3.63, 3.8) is 0 Å². The molecule has 0 amide bonds. The van der Waals surface area contributed by atoms with E-state index in [-0.39, 0.29) is 5.41 Å². The second kappa shape index (κ2) is 15.3. The van der Waals surface area contributed by atoms with Crippen molar-refractivity contribution >= 4 is 38.9 Å². The second-order valence-electron chi connectivity index (χ2n) is 20.4. The Morgan fingerprint density at radius 3 is 1.54 bits per heavy atom. The van der Waals surface area contributed by atoms with E-state index in [2.05, 4.69) is 278 Å². The van der Waals surface area contributed by atoms with Crippen LogP contribution < -0.4 is 4.90 Å².